The second-order valence-corrected chi connectivity index (χ2v) is 8.19. The zero-order valence-electron chi connectivity index (χ0n) is 15.5. The Morgan fingerprint density at radius 3 is 2.42 bits per heavy atom. The second-order valence-electron chi connectivity index (χ2n) is 6.42. The molecule has 1 amide bonds. The number of benzene rings is 2. The Bertz CT molecular complexity index is 846. The molecule has 0 aliphatic rings. The summed E-state index contributed by atoms with van der Waals surface area (Å²) in [5.41, 5.74) is 2.47. The van der Waals surface area contributed by atoms with Crippen LogP contribution >= 0.6 is 0 Å². The topological polar surface area (TPSA) is 66.5 Å². The fraction of sp³-hybridized carbons (Fsp3) is 0.350. The summed E-state index contributed by atoms with van der Waals surface area (Å²) < 4.78 is 27.5. The van der Waals surface area contributed by atoms with Crippen LogP contribution in [0.5, 0.6) is 0 Å². The highest BCUT2D eigenvalue weighted by Gasteiger charge is 2.16. The summed E-state index contributed by atoms with van der Waals surface area (Å²) >= 11 is 0. The van der Waals surface area contributed by atoms with Crippen molar-refractivity contribution in [3.05, 3.63) is 65.2 Å². The summed E-state index contributed by atoms with van der Waals surface area (Å²) in [6, 6.07) is 13.7. The summed E-state index contributed by atoms with van der Waals surface area (Å²) in [4.78, 5) is 14.1. The van der Waals surface area contributed by atoms with Gasteiger partial charge in [0.05, 0.1) is 4.90 Å². The van der Waals surface area contributed by atoms with Crippen molar-refractivity contribution >= 4 is 15.9 Å². The number of aryl methyl sites for hydroxylation is 1. The van der Waals surface area contributed by atoms with Gasteiger partial charge in [-0.05, 0) is 43.2 Å². The Balaban J connectivity index is 2.05. The molecule has 6 heteroatoms. The SMILES string of the molecule is CCCCN(C)C(=O)c1ccc(S(=O)(=O)NCc2cccc(C)c2)cc1. The van der Waals surface area contributed by atoms with Crippen molar-refractivity contribution in [3.63, 3.8) is 0 Å². The van der Waals surface area contributed by atoms with Gasteiger partial charge in [-0.2, -0.15) is 0 Å². The van der Waals surface area contributed by atoms with Gasteiger partial charge in [0.2, 0.25) is 10.0 Å². The molecule has 26 heavy (non-hydrogen) atoms. The first-order valence-corrected chi connectivity index (χ1v) is 10.2. The molecule has 0 spiro atoms. The van der Waals surface area contributed by atoms with E-state index >= 15 is 0 Å². The van der Waals surface area contributed by atoms with E-state index in [0.717, 1.165) is 24.0 Å². The van der Waals surface area contributed by atoms with Gasteiger partial charge < -0.3 is 4.90 Å². The highest BCUT2D eigenvalue weighted by molar-refractivity contribution is 7.89. The van der Waals surface area contributed by atoms with Crippen LogP contribution in [-0.4, -0.2) is 32.8 Å². The molecule has 0 aromatic heterocycles. The Kier molecular flexibility index (Phi) is 6.94. The van der Waals surface area contributed by atoms with Gasteiger partial charge in [0.1, 0.15) is 0 Å². The largest absolute Gasteiger partial charge is 0.342 e. The monoisotopic (exact) mass is 374 g/mol. The zero-order chi connectivity index (χ0) is 19.2. The quantitative estimate of drug-likeness (QED) is 0.771. The molecule has 140 valence electrons. The van der Waals surface area contributed by atoms with Crippen LogP contribution in [0.2, 0.25) is 0 Å². The third-order valence-corrected chi connectivity index (χ3v) is 5.57. The number of hydrogen-bond acceptors (Lipinski definition) is 3. The van der Waals surface area contributed by atoms with Crippen molar-refractivity contribution in [2.24, 2.45) is 0 Å². The molecule has 0 aliphatic carbocycles. The minimum atomic E-state index is -3.62. The number of carbonyl (C=O) groups is 1. The van der Waals surface area contributed by atoms with E-state index in [4.69, 9.17) is 0 Å². The summed E-state index contributed by atoms with van der Waals surface area (Å²) in [6.07, 6.45) is 1.96. The van der Waals surface area contributed by atoms with E-state index in [1.165, 1.54) is 12.1 Å². The van der Waals surface area contributed by atoms with E-state index in [1.54, 1.807) is 24.1 Å². The number of hydrogen-bond donors (Lipinski definition) is 1. The molecule has 2 aromatic carbocycles. The van der Waals surface area contributed by atoms with Crippen LogP contribution in [0.4, 0.5) is 0 Å². The summed E-state index contributed by atoms with van der Waals surface area (Å²) in [5.74, 6) is -0.102. The number of nitrogens with zero attached hydrogens (tertiary/aromatic N) is 1. The third-order valence-electron chi connectivity index (χ3n) is 4.15. The minimum absolute atomic E-state index is 0.102. The zero-order valence-corrected chi connectivity index (χ0v) is 16.3. The van der Waals surface area contributed by atoms with Crippen molar-refractivity contribution in [3.8, 4) is 0 Å². The van der Waals surface area contributed by atoms with Crippen molar-refractivity contribution in [2.75, 3.05) is 13.6 Å². The van der Waals surface area contributed by atoms with Crippen LogP contribution in [0.25, 0.3) is 0 Å². The molecular formula is C20H26N2O3S. The van der Waals surface area contributed by atoms with Crippen molar-refractivity contribution < 1.29 is 13.2 Å². The molecule has 0 saturated heterocycles. The average molecular weight is 375 g/mol. The Labute approximate surface area is 156 Å². The fourth-order valence-electron chi connectivity index (χ4n) is 2.58. The molecule has 2 rings (SSSR count). The molecule has 0 bridgehead atoms. The molecule has 2 aromatic rings. The van der Waals surface area contributed by atoms with Crippen LogP contribution in [0.1, 0.15) is 41.3 Å². The van der Waals surface area contributed by atoms with Crippen LogP contribution in [0.3, 0.4) is 0 Å². The molecular weight excluding hydrogens is 348 g/mol. The highest BCUT2D eigenvalue weighted by Crippen LogP contribution is 2.13. The smallest absolute Gasteiger partial charge is 0.253 e. The summed E-state index contributed by atoms with van der Waals surface area (Å²) in [5, 5.41) is 0. The molecule has 0 radical (unpaired) electrons. The van der Waals surface area contributed by atoms with E-state index in [-0.39, 0.29) is 17.3 Å². The van der Waals surface area contributed by atoms with E-state index < -0.39 is 10.0 Å². The lowest BCUT2D eigenvalue weighted by Crippen LogP contribution is -2.28. The first kappa shape index (κ1) is 20.1. The van der Waals surface area contributed by atoms with Crippen LogP contribution < -0.4 is 4.72 Å². The van der Waals surface area contributed by atoms with Gasteiger partial charge in [-0.1, -0.05) is 43.2 Å². The minimum Gasteiger partial charge on any atom is -0.342 e. The maximum absolute atomic E-state index is 12.4. The third kappa shape index (κ3) is 5.41. The molecule has 5 nitrogen and oxygen atoms in total. The molecule has 0 aliphatic heterocycles. The molecule has 0 fully saturated rings. The highest BCUT2D eigenvalue weighted by atomic mass is 32.2. The van der Waals surface area contributed by atoms with E-state index in [2.05, 4.69) is 11.6 Å². The number of unbranched alkanes of at least 4 members (excludes halogenated alkanes) is 1. The molecule has 0 heterocycles. The number of carbonyl (C=O) groups excluding carboxylic acids is 1. The fourth-order valence-corrected chi connectivity index (χ4v) is 3.60. The molecule has 0 unspecified atom stereocenters. The molecule has 0 saturated carbocycles. The Hall–Kier alpha value is -2.18. The van der Waals surface area contributed by atoms with Crippen LogP contribution in [-0.2, 0) is 16.6 Å². The maximum Gasteiger partial charge on any atom is 0.253 e. The average Bonchev–Trinajstić information content (AvgIpc) is 2.64. The maximum atomic E-state index is 12.4. The van der Waals surface area contributed by atoms with Crippen LogP contribution in [0.15, 0.2) is 53.4 Å². The van der Waals surface area contributed by atoms with Gasteiger partial charge in [-0.3, -0.25) is 4.79 Å². The standard InChI is InChI=1S/C20H26N2O3S/c1-4-5-13-22(3)20(23)18-9-11-19(12-10-18)26(24,25)21-15-17-8-6-7-16(2)14-17/h6-12,14,21H,4-5,13,15H2,1-3H3. The second kappa shape index (κ2) is 8.96. The predicted molar refractivity (Wildman–Crippen MR) is 104 cm³/mol. The molecule has 1 N–H and O–H groups in total. The van der Waals surface area contributed by atoms with Crippen molar-refractivity contribution in [1.82, 2.24) is 9.62 Å². The first-order chi connectivity index (χ1) is 12.3. The molecule has 0 atom stereocenters. The van der Waals surface area contributed by atoms with Gasteiger partial charge in [0.25, 0.3) is 5.91 Å². The van der Waals surface area contributed by atoms with Gasteiger partial charge in [0.15, 0.2) is 0 Å². The summed E-state index contributed by atoms with van der Waals surface area (Å²) in [7, 11) is -1.87. The van der Waals surface area contributed by atoms with Crippen molar-refractivity contribution in [1.29, 1.82) is 0 Å². The number of rotatable bonds is 8. The lowest BCUT2D eigenvalue weighted by atomic mass is 10.1. The van der Waals surface area contributed by atoms with Gasteiger partial charge in [-0.25, -0.2) is 13.1 Å². The Morgan fingerprint density at radius 1 is 1.12 bits per heavy atom. The van der Waals surface area contributed by atoms with E-state index in [9.17, 15) is 13.2 Å². The van der Waals surface area contributed by atoms with Gasteiger partial charge in [0, 0.05) is 25.7 Å². The van der Waals surface area contributed by atoms with E-state index in [0.29, 0.717) is 12.1 Å². The first-order valence-electron chi connectivity index (χ1n) is 8.74. The number of nitrogens with one attached hydrogen (secondary N) is 1. The Morgan fingerprint density at radius 2 is 1.81 bits per heavy atom. The number of amides is 1. The predicted octanol–water partition coefficient (Wildman–Crippen LogP) is 3.35. The van der Waals surface area contributed by atoms with Gasteiger partial charge in [-0.15, -0.1) is 0 Å². The normalized spacial score (nSPS) is 11.3. The lowest BCUT2D eigenvalue weighted by Gasteiger charge is -2.17. The summed E-state index contributed by atoms with van der Waals surface area (Å²) in [6.45, 7) is 4.95. The van der Waals surface area contributed by atoms with Crippen LogP contribution in [0, 0.1) is 6.92 Å². The lowest BCUT2D eigenvalue weighted by molar-refractivity contribution is 0.0793. The van der Waals surface area contributed by atoms with Crippen molar-refractivity contribution in [2.45, 2.75) is 38.1 Å². The van der Waals surface area contributed by atoms with Gasteiger partial charge >= 0.3 is 0 Å². The van der Waals surface area contributed by atoms with E-state index in [1.807, 2.05) is 31.2 Å². The number of sulfonamides is 1.